The van der Waals surface area contributed by atoms with Crippen molar-refractivity contribution in [2.24, 2.45) is 5.41 Å². The van der Waals surface area contributed by atoms with E-state index in [0.29, 0.717) is 0 Å². The average Bonchev–Trinajstić information content (AvgIpc) is 3.46. The third kappa shape index (κ3) is 3.83. The Balaban J connectivity index is 1.45. The van der Waals surface area contributed by atoms with Crippen molar-refractivity contribution in [1.29, 1.82) is 0 Å². The number of rotatable bonds is 5. The maximum absolute atomic E-state index is 5.61. The molecule has 1 fully saturated rings. The van der Waals surface area contributed by atoms with Crippen molar-refractivity contribution in [3.8, 4) is 0 Å². The second kappa shape index (κ2) is 8.22. The molecule has 0 unspecified atom stereocenters. The lowest BCUT2D eigenvalue weighted by Crippen LogP contribution is -2.38. The fraction of sp³-hybridized carbons (Fsp3) is 0.500. The van der Waals surface area contributed by atoms with E-state index in [1.807, 2.05) is 6.20 Å². The average molecular weight is 464 g/mol. The molecule has 172 valence electrons. The highest BCUT2D eigenvalue weighted by molar-refractivity contribution is 7.26. The highest BCUT2D eigenvalue weighted by Gasteiger charge is 2.32. The Morgan fingerprint density at radius 3 is 2.88 bits per heavy atom. The highest BCUT2D eigenvalue weighted by atomic mass is 32.1. The number of H-pyrrole nitrogens is 1. The Labute approximate surface area is 196 Å². The zero-order valence-electron chi connectivity index (χ0n) is 19.1. The first-order valence-electron chi connectivity index (χ1n) is 11.7. The highest BCUT2D eigenvalue weighted by Crippen LogP contribution is 2.46. The molecular weight excluding hydrogens is 434 g/mol. The molecule has 0 spiro atoms. The standard InChI is InChI=1S/C24H29N7OS/c1-24(2)5-3-16-17(11-24)18-19-20(33-23(18)30-22(16)31-7-9-32-10-8-31)21(29-14-28-19)26-6-4-15-12-25-13-27-15/h12-14H,3-11H2,1-2H3,(H,25,27)(H,26,28,29). The number of ether oxygens (including phenoxy) is 1. The molecule has 4 aromatic heterocycles. The van der Waals surface area contributed by atoms with Gasteiger partial charge in [-0.3, -0.25) is 0 Å². The van der Waals surface area contributed by atoms with Crippen molar-refractivity contribution in [3.05, 3.63) is 35.7 Å². The van der Waals surface area contributed by atoms with Crippen LogP contribution in [0.4, 0.5) is 11.6 Å². The number of nitrogens with zero attached hydrogens (tertiary/aromatic N) is 5. The van der Waals surface area contributed by atoms with Gasteiger partial charge in [0.25, 0.3) is 0 Å². The molecule has 6 rings (SSSR count). The van der Waals surface area contributed by atoms with Gasteiger partial charge in [-0.25, -0.2) is 19.9 Å². The first kappa shape index (κ1) is 20.8. The largest absolute Gasteiger partial charge is 0.378 e. The lowest BCUT2D eigenvalue weighted by Gasteiger charge is -2.36. The van der Waals surface area contributed by atoms with E-state index >= 15 is 0 Å². The maximum Gasteiger partial charge on any atom is 0.147 e. The number of aromatic amines is 1. The Bertz CT molecular complexity index is 1290. The van der Waals surface area contributed by atoms with Crippen LogP contribution >= 0.6 is 11.3 Å². The molecule has 0 bridgehead atoms. The summed E-state index contributed by atoms with van der Waals surface area (Å²) < 4.78 is 6.70. The SMILES string of the molecule is CC1(C)CCc2c(N3CCOCC3)nc3sc4c(NCCc5c[nH]cn5)ncnc4c3c2C1. The molecule has 1 aliphatic carbocycles. The minimum Gasteiger partial charge on any atom is -0.378 e. The zero-order chi connectivity index (χ0) is 22.4. The fourth-order valence-corrected chi connectivity index (χ4v) is 6.21. The van der Waals surface area contributed by atoms with Gasteiger partial charge in [-0.05, 0) is 35.8 Å². The molecule has 0 atom stereocenters. The summed E-state index contributed by atoms with van der Waals surface area (Å²) in [5.74, 6) is 2.04. The van der Waals surface area contributed by atoms with E-state index in [9.17, 15) is 0 Å². The second-order valence-electron chi connectivity index (χ2n) is 9.75. The third-order valence-electron chi connectivity index (χ3n) is 6.84. The molecule has 0 aromatic carbocycles. The number of imidazole rings is 1. The number of hydrogen-bond donors (Lipinski definition) is 2. The molecule has 5 heterocycles. The molecule has 9 heteroatoms. The van der Waals surface area contributed by atoms with Gasteiger partial charge in [0.1, 0.15) is 22.8 Å². The molecule has 1 aliphatic heterocycles. The molecule has 2 N–H and O–H groups in total. The van der Waals surface area contributed by atoms with E-state index in [0.717, 1.165) is 84.5 Å². The fourth-order valence-electron chi connectivity index (χ4n) is 5.09. The zero-order valence-corrected chi connectivity index (χ0v) is 20.0. The second-order valence-corrected chi connectivity index (χ2v) is 10.8. The summed E-state index contributed by atoms with van der Waals surface area (Å²) in [5, 5.41) is 4.74. The number of anilines is 2. The first-order chi connectivity index (χ1) is 16.1. The molecule has 0 radical (unpaired) electrons. The van der Waals surface area contributed by atoms with Gasteiger partial charge in [-0.1, -0.05) is 13.8 Å². The molecule has 33 heavy (non-hydrogen) atoms. The summed E-state index contributed by atoms with van der Waals surface area (Å²) in [7, 11) is 0. The van der Waals surface area contributed by atoms with Crippen LogP contribution in [0.15, 0.2) is 18.9 Å². The van der Waals surface area contributed by atoms with Gasteiger partial charge >= 0.3 is 0 Å². The summed E-state index contributed by atoms with van der Waals surface area (Å²) in [6.45, 7) is 8.86. The van der Waals surface area contributed by atoms with Crippen LogP contribution in [-0.4, -0.2) is 57.8 Å². The normalized spacial score (nSPS) is 18.1. The number of pyridine rings is 1. The van der Waals surface area contributed by atoms with Crippen LogP contribution in [0.5, 0.6) is 0 Å². The van der Waals surface area contributed by atoms with E-state index in [4.69, 9.17) is 14.7 Å². The predicted octanol–water partition coefficient (Wildman–Crippen LogP) is 3.97. The van der Waals surface area contributed by atoms with E-state index in [1.54, 1.807) is 24.0 Å². The van der Waals surface area contributed by atoms with Crippen LogP contribution in [0, 0.1) is 5.41 Å². The van der Waals surface area contributed by atoms with Gasteiger partial charge in [0.2, 0.25) is 0 Å². The third-order valence-corrected chi connectivity index (χ3v) is 7.92. The van der Waals surface area contributed by atoms with Crippen molar-refractivity contribution < 1.29 is 4.74 Å². The quantitative estimate of drug-likeness (QED) is 0.463. The number of hydrogen-bond acceptors (Lipinski definition) is 8. The minimum absolute atomic E-state index is 0.273. The first-order valence-corrected chi connectivity index (χ1v) is 12.5. The van der Waals surface area contributed by atoms with Crippen molar-refractivity contribution in [1.82, 2.24) is 24.9 Å². The lowest BCUT2D eigenvalue weighted by atomic mass is 9.73. The van der Waals surface area contributed by atoms with Gasteiger partial charge < -0.3 is 19.9 Å². The van der Waals surface area contributed by atoms with Gasteiger partial charge in [0.15, 0.2) is 0 Å². The van der Waals surface area contributed by atoms with E-state index < -0.39 is 0 Å². The number of morpholine rings is 1. The summed E-state index contributed by atoms with van der Waals surface area (Å²) in [6, 6.07) is 0. The van der Waals surface area contributed by atoms with Crippen molar-refractivity contribution in [2.45, 2.75) is 39.5 Å². The van der Waals surface area contributed by atoms with Crippen LogP contribution in [0.2, 0.25) is 0 Å². The van der Waals surface area contributed by atoms with Crippen molar-refractivity contribution in [2.75, 3.05) is 43.1 Å². The Hall–Kier alpha value is -2.78. The monoisotopic (exact) mass is 463 g/mol. The number of nitrogens with one attached hydrogen (secondary N) is 2. The smallest absolute Gasteiger partial charge is 0.147 e. The van der Waals surface area contributed by atoms with E-state index in [1.165, 1.54) is 22.9 Å². The van der Waals surface area contributed by atoms with Crippen molar-refractivity contribution in [3.63, 3.8) is 0 Å². The Morgan fingerprint density at radius 1 is 1.18 bits per heavy atom. The van der Waals surface area contributed by atoms with Gasteiger partial charge in [-0.2, -0.15) is 0 Å². The molecular formula is C24H29N7OS. The summed E-state index contributed by atoms with van der Waals surface area (Å²) >= 11 is 1.71. The number of fused-ring (bicyclic) bond motifs is 5. The van der Waals surface area contributed by atoms with Crippen LogP contribution in [0.25, 0.3) is 20.4 Å². The molecule has 8 nitrogen and oxygen atoms in total. The van der Waals surface area contributed by atoms with Crippen LogP contribution in [0.1, 0.15) is 37.1 Å². The Kier molecular flexibility index (Phi) is 5.18. The van der Waals surface area contributed by atoms with Gasteiger partial charge in [0.05, 0.1) is 35.5 Å². The van der Waals surface area contributed by atoms with Crippen LogP contribution in [-0.2, 0) is 24.0 Å². The molecule has 2 aliphatic rings. The maximum atomic E-state index is 5.61. The predicted molar refractivity (Wildman–Crippen MR) is 132 cm³/mol. The van der Waals surface area contributed by atoms with Crippen LogP contribution < -0.4 is 10.2 Å². The van der Waals surface area contributed by atoms with Gasteiger partial charge in [-0.15, -0.1) is 11.3 Å². The summed E-state index contributed by atoms with van der Waals surface area (Å²) in [6.07, 6.45) is 9.46. The Morgan fingerprint density at radius 2 is 2.06 bits per heavy atom. The van der Waals surface area contributed by atoms with Crippen molar-refractivity contribution >= 4 is 43.4 Å². The van der Waals surface area contributed by atoms with E-state index in [2.05, 4.69) is 39.0 Å². The number of aromatic nitrogens is 5. The summed E-state index contributed by atoms with van der Waals surface area (Å²) in [5.41, 5.74) is 5.19. The topological polar surface area (TPSA) is 91.8 Å². The van der Waals surface area contributed by atoms with E-state index in [-0.39, 0.29) is 5.41 Å². The molecule has 1 saturated heterocycles. The summed E-state index contributed by atoms with van der Waals surface area (Å²) in [4.78, 5) is 25.4. The number of thiophene rings is 1. The van der Waals surface area contributed by atoms with Gasteiger partial charge in [0, 0.05) is 37.6 Å². The lowest BCUT2D eigenvalue weighted by molar-refractivity contribution is 0.122. The molecule has 4 aromatic rings. The molecule has 0 saturated carbocycles. The minimum atomic E-state index is 0.273. The van der Waals surface area contributed by atoms with Crippen LogP contribution in [0.3, 0.4) is 0 Å². The molecule has 0 amide bonds.